The Morgan fingerprint density at radius 1 is 1.44 bits per heavy atom. The van der Waals surface area contributed by atoms with Gasteiger partial charge in [0.25, 0.3) is 5.91 Å². The van der Waals surface area contributed by atoms with E-state index in [0.29, 0.717) is 18.2 Å². The summed E-state index contributed by atoms with van der Waals surface area (Å²) in [7, 11) is 0. The Hall–Kier alpha value is -1.85. The molecular weight excluding hydrogens is 250 g/mol. The predicted octanol–water partition coefficient (Wildman–Crippen LogP) is 3.15. The van der Waals surface area contributed by atoms with Crippen LogP contribution in [0.15, 0.2) is 30.9 Å². The van der Waals surface area contributed by atoms with Gasteiger partial charge in [-0.3, -0.25) is 4.79 Å². The molecule has 6 heteroatoms. The molecule has 0 heterocycles. The largest absolute Gasteiger partial charge is 0.416 e. The van der Waals surface area contributed by atoms with Crippen molar-refractivity contribution in [2.45, 2.75) is 19.1 Å². The third-order valence-corrected chi connectivity index (χ3v) is 2.25. The first-order valence-corrected chi connectivity index (χ1v) is 5.06. The van der Waals surface area contributed by atoms with Crippen molar-refractivity contribution >= 4 is 5.91 Å². The zero-order valence-electron chi connectivity index (χ0n) is 9.51. The number of halogens is 4. The summed E-state index contributed by atoms with van der Waals surface area (Å²) in [6, 6.07) is 1.23. The van der Waals surface area contributed by atoms with Gasteiger partial charge in [0.05, 0.1) is 11.1 Å². The van der Waals surface area contributed by atoms with Crippen LogP contribution in [0.1, 0.15) is 22.8 Å². The fourth-order valence-electron chi connectivity index (χ4n) is 1.22. The minimum atomic E-state index is -4.62. The van der Waals surface area contributed by atoms with Crippen LogP contribution in [0.4, 0.5) is 17.6 Å². The lowest BCUT2D eigenvalue weighted by molar-refractivity contribution is -0.137. The van der Waals surface area contributed by atoms with Gasteiger partial charge in [-0.05, 0) is 25.1 Å². The van der Waals surface area contributed by atoms with E-state index in [1.165, 1.54) is 6.08 Å². The number of amides is 1. The van der Waals surface area contributed by atoms with E-state index in [0.717, 1.165) is 0 Å². The zero-order chi connectivity index (χ0) is 13.9. The average molecular weight is 261 g/mol. The maximum Gasteiger partial charge on any atom is 0.416 e. The molecule has 1 rings (SSSR count). The van der Waals surface area contributed by atoms with E-state index >= 15 is 0 Å². The van der Waals surface area contributed by atoms with Gasteiger partial charge in [0.2, 0.25) is 0 Å². The van der Waals surface area contributed by atoms with Gasteiger partial charge in [0.1, 0.15) is 5.82 Å². The lowest BCUT2D eigenvalue weighted by Gasteiger charge is -2.12. The van der Waals surface area contributed by atoms with E-state index in [-0.39, 0.29) is 0 Å². The first-order valence-electron chi connectivity index (χ1n) is 5.06. The van der Waals surface area contributed by atoms with Crippen LogP contribution >= 0.6 is 0 Å². The van der Waals surface area contributed by atoms with Crippen molar-refractivity contribution in [2.24, 2.45) is 0 Å². The first kappa shape index (κ1) is 14.2. The summed E-state index contributed by atoms with van der Waals surface area (Å²) < 4.78 is 50.6. The maximum absolute atomic E-state index is 13.3. The number of hydrogen-bond acceptors (Lipinski definition) is 1. The Balaban J connectivity index is 3.08. The smallest absolute Gasteiger partial charge is 0.346 e. The second-order valence-electron chi connectivity index (χ2n) is 3.69. The summed E-state index contributed by atoms with van der Waals surface area (Å²) >= 11 is 0. The Labute approximate surface area is 101 Å². The van der Waals surface area contributed by atoms with E-state index in [1.54, 1.807) is 6.92 Å². The van der Waals surface area contributed by atoms with Crippen molar-refractivity contribution in [1.82, 2.24) is 5.32 Å². The molecule has 0 fully saturated rings. The standard InChI is InChI=1S/C12H11F4NO/c1-3-7(2)17-11(18)9-6-8(12(14,15)16)4-5-10(9)13/h3-7H,1H2,2H3,(H,17,18). The molecule has 98 valence electrons. The number of carbonyl (C=O) groups is 1. The molecule has 1 unspecified atom stereocenters. The van der Waals surface area contributed by atoms with Gasteiger partial charge in [-0.2, -0.15) is 13.2 Å². The molecule has 2 nitrogen and oxygen atoms in total. The quantitative estimate of drug-likeness (QED) is 0.657. The van der Waals surface area contributed by atoms with Crippen molar-refractivity contribution in [3.8, 4) is 0 Å². The highest BCUT2D eigenvalue weighted by Gasteiger charge is 2.31. The molecule has 0 bridgehead atoms. The fraction of sp³-hybridized carbons (Fsp3) is 0.250. The molecule has 0 aromatic heterocycles. The maximum atomic E-state index is 13.3. The molecule has 1 aromatic carbocycles. The normalized spacial score (nSPS) is 12.9. The summed E-state index contributed by atoms with van der Waals surface area (Å²) in [6.45, 7) is 4.96. The van der Waals surface area contributed by atoms with Crippen LogP contribution in [-0.2, 0) is 6.18 Å². The molecule has 1 N–H and O–H groups in total. The Morgan fingerprint density at radius 2 is 2.06 bits per heavy atom. The highest BCUT2D eigenvalue weighted by Crippen LogP contribution is 2.30. The lowest BCUT2D eigenvalue weighted by atomic mass is 10.1. The molecule has 1 atom stereocenters. The van der Waals surface area contributed by atoms with E-state index in [1.807, 2.05) is 0 Å². The molecule has 1 amide bonds. The molecular formula is C12H11F4NO. The Kier molecular flexibility index (Phi) is 4.11. The first-order chi connectivity index (χ1) is 8.25. The number of benzene rings is 1. The van der Waals surface area contributed by atoms with Crippen LogP contribution in [0.5, 0.6) is 0 Å². The molecule has 0 aliphatic carbocycles. The lowest BCUT2D eigenvalue weighted by Crippen LogP contribution is -2.31. The van der Waals surface area contributed by atoms with E-state index in [2.05, 4.69) is 11.9 Å². The Bertz CT molecular complexity index is 468. The van der Waals surface area contributed by atoms with Crippen molar-refractivity contribution < 1.29 is 22.4 Å². The summed E-state index contributed by atoms with van der Waals surface area (Å²) in [5.74, 6) is -1.91. The van der Waals surface area contributed by atoms with E-state index in [9.17, 15) is 22.4 Å². The van der Waals surface area contributed by atoms with Crippen molar-refractivity contribution in [3.05, 3.63) is 47.8 Å². The second-order valence-corrected chi connectivity index (χ2v) is 3.69. The molecule has 0 aliphatic heterocycles. The van der Waals surface area contributed by atoms with Crippen LogP contribution in [-0.4, -0.2) is 11.9 Å². The highest BCUT2D eigenvalue weighted by atomic mass is 19.4. The summed E-state index contributed by atoms with van der Waals surface area (Å²) in [6.07, 6.45) is -3.24. The molecule has 1 aromatic rings. The number of alkyl halides is 3. The Morgan fingerprint density at radius 3 is 2.56 bits per heavy atom. The molecule has 0 saturated carbocycles. The van der Waals surface area contributed by atoms with Gasteiger partial charge in [-0.25, -0.2) is 4.39 Å². The van der Waals surface area contributed by atoms with Crippen molar-refractivity contribution in [3.63, 3.8) is 0 Å². The highest BCUT2D eigenvalue weighted by molar-refractivity contribution is 5.95. The summed E-state index contributed by atoms with van der Waals surface area (Å²) in [5.41, 5.74) is -1.71. The molecule has 0 aliphatic rings. The zero-order valence-corrected chi connectivity index (χ0v) is 9.51. The SMILES string of the molecule is C=CC(C)NC(=O)c1cc(C(F)(F)F)ccc1F. The predicted molar refractivity (Wildman–Crippen MR) is 58.5 cm³/mol. The van der Waals surface area contributed by atoms with Crippen LogP contribution in [0.3, 0.4) is 0 Å². The fourth-order valence-corrected chi connectivity index (χ4v) is 1.22. The molecule has 0 saturated heterocycles. The number of nitrogens with one attached hydrogen (secondary N) is 1. The van der Waals surface area contributed by atoms with Crippen molar-refractivity contribution in [2.75, 3.05) is 0 Å². The minimum Gasteiger partial charge on any atom is -0.346 e. The van der Waals surface area contributed by atoms with Crippen LogP contribution < -0.4 is 5.32 Å². The van der Waals surface area contributed by atoms with Gasteiger partial charge < -0.3 is 5.32 Å². The minimum absolute atomic E-state index is 0.466. The second kappa shape index (κ2) is 5.20. The summed E-state index contributed by atoms with van der Waals surface area (Å²) in [5, 5.41) is 2.30. The topological polar surface area (TPSA) is 29.1 Å². The van der Waals surface area contributed by atoms with Gasteiger partial charge >= 0.3 is 6.18 Å². The third-order valence-electron chi connectivity index (χ3n) is 2.25. The van der Waals surface area contributed by atoms with Gasteiger partial charge in [-0.1, -0.05) is 6.08 Å². The van der Waals surface area contributed by atoms with E-state index < -0.39 is 35.1 Å². The third kappa shape index (κ3) is 3.32. The van der Waals surface area contributed by atoms with Gasteiger partial charge in [0.15, 0.2) is 0 Å². The average Bonchev–Trinajstić information content (AvgIpc) is 2.27. The molecule has 18 heavy (non-hydrogen) atoms. The van der Waals surface area contributed by atoms with Crippen LogP contribution in [0.2, 0.25) is 0 Å². The van der Waals surface area contributed by atoms with Crippen molar-refractivity contribution in [1.29, 1.82) is 0 Å². The van der Waals surface area contributed by atoms with Gasteiger partial charge in [0, 0.05) is 6.04 Å². The number of rotatable bonds is 3. The van der Waals surface area contributed by atoms with E-state index in [4.69, 9.17) is 0 Å². The number of hydrogen-bond donors (Lipinski definition) is 1. The summed E-state index contributed by atoms with van der Waals surface area (Å²) in [4.78, 5) is 11.5. The molecule has 0 radical (unpaired) electrons. The number of carbonyl (C=O) groups excluding carboxylic acids is 1. The van der Waals surface area contributed by atoms with Crippen LogP contribution in [0.25, 0.3) is 0 Å². The van der Waals surface area contributed by atoms with Crippen LogP contribution in [0, 0.1) is 5.82 Å². The van der Waals surface area contributed by atoms with Gasteiger partial charge in [-0.15, -0.1) is 6.58 Å². The monoisotopic (exact) mass is 261 g/mol. The molecule has 0 spiro atoms.